The fourth-order valence-corrected chi connectivity index (χ4v) is 2.45. The second kappa shape index (κ2) is 9.36. The SMILES string of the molecule is CC(N)CCC(=O)NCC(C)Cc1cccs1.Cl. The summed E-state index contributed by atoms with van der Waals surface area (Å²) in [5.41, 5.74) is 5.61. The number of halogens is 1. The van der Waals surface area contributed by atoms with Crippen LogP contribution in [0.4, 0.5) is 0 Å². The zero-order valence-corrected chi connectivity index (χ0v) is 12.7. The Hall–Kier alpha value is -0.580. The summed E-state index contributed by atoms with van der Waals surface area (Å²) in [6, 6.07) is 4.30. The van der Waals surface area contributed by atoms with Gasteiger partial charge in [0, 0.05) is 23.9 Å². The highest BCUT2D eigenvalue weighted by Gasteiger charge is 2.07. The van der Waals surface area contributed by atoms with Crippen molar-refractivity contribution in [1.82, 2.24) is 5.32 Å². The van der Waals surface area contributed by atoms with Crippen LogP contribution in [0.2, 0.25) is 0 Å². The van der Waals surface area contributed by atoms with Gasteiger partial charge in [0.2, 0.25) is 5.91 Å². The highest BCUT2D eigenvalue weighted by Crippen LogP contribution is 2.13. The van der Waals surface area contributed by atoms with Crippen molar-refractivity contribution in [2.24, 2.45) is 11.7 Å². The standard InChI is InChI=1S/C13H22N2OS.ClH/c1-10(8-12-4-3-7-17-12)9-15-13(16)6-5-11(2)14;/h3-4,7,10-11H,5-6,8-9,14H2,1-2H3,(H,15,16);1H. The average Bonchev–Trinajstić information content (AvgIpc) is 2.76. The van der Waals surface area contributed by atoms with Gasteiger partial charge in [-0.1, -0.05) is 13.0 Å². The smallest absolute Gasteiger partial charge is 0.220 e. The van der Waals surface area contributed by atoms with Gasteiger partial charge in [-0.3, -0.25) is 4.79 Å². The van der Waals surface area contributed by atoms with Gasteiger partial charge in [-0.25, -0.2) is 0 Å². The van der Waals surface area contributed by atoms with Crippen LogP contribution in [-0.2, 0) is 11.2 Å². The van der Waals surface area contributed by atoms with Gasteiger partial charge in [0.15, 0.2) is 0 Å². The molecule has 2 atom stereocenters. The first-order valence-corrected chi connectivity index (χ1v) is 7.00. The molecule has 0 saturated heterocycles. The molecule has 104 valence electrons. The van der Waals surface area contributed by atoms with Gasteiger partial charge in [-0.2, -0.15) is 0 Å². The molecule has 0 radical (unpaired) electrons. The normalized spacial score (nSPS) is 13.5. The average molecular weight is 291 g/mol. The van der Waals surface area contributed by atoms with Crippen molar-refractivity contribution in [2.45, 2.75) is 39.2 Å². The monoisotopic (exact) mass is 290 g/mol. The summed E-state index contributed by atoms with van der Waals surface area (Å²) < 4.78 is 0. The lowest BCUT2D eigenvalue weighted by Gasteiger charge is -2.12. The van der Waals surface area contributed by atoms with E-state index in [1.54, 1.807) is 11.3 Å². The minimum Gasteiger partial charge on any atom is -0.356 e. The molecule has 0 bridgehead atoms. The zero-order chi connectivity index (χ0) is 12.7. The summed E-state index contributed by atoms with van der Waals surface area (Å²) in [5, 5.41) is 5.05. The number of rotatable bonds is 7. The molecule has 0 spiro atoms. The van der Waals surface area contributed by atoms with Crippen LogP contribution in [-0.4, -0.2) is 18.5 Å². The minimum absolute atomic E-state index is 0. The lowest BCUT2D eigenvalue weighted by Crippen LogP contribution is -2.30. The summed E-state index contributed by atoms with van der Waals surface area (Å²) in [7, 11) is 0. The molecule has 1 aromatic rings. The highest BCUT2D eigenvalue weighted by atomic mass is 35.5. The largest absolute Gasteiger partial charge is 0.356 e. The quantitative estimate of drug-likeness (QED) is 0.811. The molecule has 0 saturated carbocycles. The highest BCUT2D eigenvalue weighted by molar-refractivity contribution is 7.09. The Labute approximate surface area is 120 Å². The van der Waals surface area contributed by atoms with E-state index in [9.17, 15) is 4.79 Å². The van der Waals surface area contributed by atoms with Gasteiger partial charge in [0.05, 0.1) is 0 Å². The number of nitrogens with two attached hydrogens (primary N) is 1. The molecule has 0 aromatic carbocycles. The predicted octanol–water partition coefficient (Wildman–Crippen LogP) is 2.59. The van der Waals surface area contributed by atoms with E-state index in [0.29, 0.717) is 12.3 Å². The first-order chi connectivity index (χ1) is 8.08. The van der Waals surface area contributed by atoms with Gasteiger partial charge in [0.25, 0.3) is 0 Å². The van der Waals surface area contributed by atoms with Crippen molar-refractivity contribution in [3.63, 3.8) is 0 Å². The summed E-state index contributed by atoms with van der Waals surface area (Å²) in [6.07, 6.45) is 2.32. The predicted molar refractivity (Wildman–Crippen MR) is 80.3 cm³/mol. The summed E-state index contributed by atoms with van der Waals surface area (Å²) >= 11 is 1.77. The molecule has 3 N–H and O–H groups in total. The summed E-state index contributed by atoms with van der Waals surface area (Å²) in [4.78, 5) is 12.9. The Balaban J connectivity index is 0.00000289. The van der Waals surface area contributed by atoms with Crippen molar-refractivity contribution in [3.8, 4) is 0 Å². The van der Waals surface area contributed by atoms with E-state index in [4.69, 9.17) is 5.73 Å². The summed E-state index contributed by atoms with van der Waals surface area (Å²) in [6.45, 7) is 4.83. The summed E-state index contributed by atoms with van der Waals surface area (Å²) in [5.74, 6) is 0.591. The Morgan fingerprint density at radius 3 is 2.78 bits per heavy atom. The first kappa shape index (κ1) is 17.4. The molecule has 3 nitrogen and oxygen atoms in total. The first-order valence-electron chi connectivity index (χ1n) is 6.12. The van der Waals surface area contributed by atoms with Gasteiger partial charge < -0.3 is 11.1 Å². The molecule has 1 aromatic heterocycles. The second-order valence-corrected chi connectivity index (χ2v) is 5.74. The lowest BCUT2D eigenvalue weighted by atomic mass is 10.1. The van der Waals surface area contributed by atoms with E-state index in [1.165, 1.54) is 4.88 Å². The van der Waals surface area contributed by atoms with Crippen LogP contribution >= 0.6 is 23.7 Å². The molecule has 5 heteroatoms. The van der Waals surface area contributed by atoms with Crippen molar-refractivity contribution >= 4 is 29.7 Å². The molecule has 0 aliphatic carbocycles. The van der Waals surface area contributed by atoms with Crippen molar-refractivity contribution in [1.29, 1.82) is 0 Å². The van der Waals surface area contributed by atoms with Crippen molar-refractivity contribution < 1.29 is 4.79 Å². The molecule has 0 aliphatic heterocycles. The van der Waals surface area contributed by atoms with E-state index in [-0.39, 0.29) is 24.4 Å². The van der Waals surface area contributed by atoms with E-state index in [1.807, 2.05) is 6.92 Å². The van der Waals surface area contributed by atoms with E-state index in [2.05, 4.69) is 29.8 Å². The van der Waals surface area contributed by atoms with Gasteiger partial charge in [-0.05, 0) is 37.1 Å². The third kappa shape index (κ3) is 7.69. The Bertz CT molecular complexity index is 328. The Morgan fingerprint density at radius 1 is 1.50 bits per heavy atom. The van der Waals surface area contributed by atoms with E-state index < -0.39 is 0 Å². The molecule has 1 amide bonds. The molecular weight excluding hydrogens is 268 g/mol. The molecule has 1 rings (SSSR count). The number of nitrogens with one attached hydrogen (secondary N) is 1. The van der Waals surface area contributed by atoms with Crippen LogP contribution < -0.4 is 11.1 Å². The Kier molecular flexibility index (Phi) is 9.06. The van der Waals surface area contributed by atoms with Gasteiger partial charge in [-0.15, -0.1) is 23.7 Å². The number of thiophene rings is 1. The van der Waals surface area contributed by atoms with Crippen molar-refractivity contribution in [3.05, 3.63) is 22.4 Å². The molecule has 0 aliphatic rings. The molecule has 0 fully saturated rings. The van der Waals surface area contributed by atoms with Gasteiger partial charge in [0.1, 0.15) is 0 Å². The fourth-order valence-electron chi connectivity index (χ4n) is 1.58. The lowest BCUT2D eigenvalue weighted by molar-refractivity contribution is -0.121. The van der Waals surface area contributed by atoms with Crippen LogP contribution in [0.1, 0.15) is 31.6 Å². The molecular formula is C13H23ClN2OS. The number of amides is 1. The third-order valence-corrected chi connectivity index (χ3v) is 3.50. The number of carbonyl (C=O) groups is 1. The maximum Gasteiger partial charge on any atom is 0.220 e. The second-order valence-electron chi connectivity index (χ2n) is 4.71. The van der Waals surface area contributed by atoms with Crippen LogP contribution in [0.3, 0.4) is 0 Å². The van der Waals surface area contributed by atoms with Crippen molar-refractivity contribution in [2.75, 3.05) is 6.54 Å². The maximum atomic E-state index is 11.5. The Morgan fingerprint density at radius 2 is 2.22 bits per heavy atom. The molecule has 18 heavy (non-hydrogen) atoms. The number of hydrogen-bond acceptors (Lipinski definition) is 3. The molecule has 1 heterocycles. The number of carbonyl (C=O) groups excluding carboxylic acids is 1. The van der Waals surface area contributed by atoms with Crippen LogP contribution in [0.25, 0.3) is 0 Å². The van der Waals surface area contributed by atoms with Crippen LogP contribution in [0, 0.1) is 5.92 Å². The third-order valence-electron chi connectivity index (χ3n) is 2.60. The fraction of sp³-hybridized carbons (Fsp3) is 0.615. The topological polar surface area (TPSA) is 55.1 Å². The van der Waals surface area contributed by atoms with E-state index >= 15 is 0 Å². The minimum atomic E-state index is 0. The molecule has 2 unspecified atom stereocenters. The zero-order valence-electron chi connectivity index (χ0n) is 11.0. The van der Waals surface area contributed by atoms with E-state index in [0.717, 1.165) is 19.4 Å². The number of hydrogen-bond donors (Lipinski definition) is 2. The van der Waals surface area contributed by atoms with Gasteiger partial charge >= 0.3 is 0 Å². The van der Waals surface area contributed by atoms with Crippen LogP contribution in [0.5, 0.6) is 0 Å². The maximum absolute atomic E-state index is 11.5. The van der Waals surface area contributed by atoms with Crippen LogP contribution in [0.15, 0.2) is 17.5 Å².